The van der Waals surface area contributed by atoms with E-state index in [9.17, 15) is 9.18 Å². The smallest absolute Gasteiger partial charge is 0.272 e. The number of nitrogens with one attached hydrogen (secondary N) is 2. The Morgan fingerprint density at radius 1 is 1.24 bits per heavy atom. The lowest BCUT2D eigenvalue weighted by Crippen LogP contribution is -2.19. The van der Waals surface area contributed by atoms with E-state index in [1.54, 1.807) is 13.0 Å². The van der Waals surface area contributed by atoms with Gasteiger partial charge in [-0.15, -0.1) is 0 Å². The van der Waals surface area contributed by atoms with Crippen LogP contribution in [0.2, 0.25) is 5.02 Å². The molecule has 126 valence electrons. The van der Waals surface area contributed by atoms with Crippen LogP contribution in [0.4, 0.5) is 4.39 Å². The van der Waals surface area contributed by atoms with Gasteiger partial charge in [0.2, 0.25) is 0 Å². The van der Waals surface area contributed by atoms with Crippen LogP contribution in [-0.2, 0) is 0 Å². The number of carbonyl (C=O) groups is 1. The number of H-pyrrole nitrogens is 1. The van der Waals surface area contributed by atoms with Gasteiger partial charge in [-0.1, -0.05) is 48.0 Å². The second-order valence-corrected chi connectivity index (χ2v) is 5.68. The Bertz CT molecular complexity index is 917. The predicted molar refractivity (Wildman–Crippen MR) is 95.2 cm³/mol. The van der Waals surface area contributed by atoms with Crippen LogP contribution in [0.25, 0.3) is 11.3 Å². The average molecular weight is 357 g/mol. The fourth-order valence-electron chi connectivity index (χ4n) is 2.34. The minimum atomic E-state index is -0.519. The molecule has 5 nitrogen and oxygen atoms in total. The number of benzene rings is 2. The summed E-state index contributed by atoms with van der Waals surface area (Å²) in [6.07, 6.45) is 1.17. The van der Waals surface area contributed by atoms with Crippen molar-refractivity contribution in [1.82, 2.24) is 15.6 Å². The lowest BCUT2D eigenvalue weighted by molar-refractivity contribution is 0.0949. The topological polar surface area (TPSA) is 70.1 Å². The van der Waals surface area contributed by atoms with Crippen LogP contribution in [0.1, 0.15) is 21.6 Å². The van der Waals surface area contributed by atoms with Crippen molar-refractivity contribution < 1.29 is 9.18 Å². The first-order valence-corrected chi connectivity index (χ1v) is 7.83. The van der Waals surface area contributed by atoms with E-state index in [1.807, 2.05) is 30.3 Å². The summed E-state index contributed by atoms with van der Waals surface area (Å²) in [5, 5.41) is 10.9. The van der Waals surface area contributed by atoms with Gasteiger partial charge < -0.3 is 0 Å². The van der Waals surface area contributed by atoms with Gasteiger partial charge in [-0.2, -0.15) is 10.2 Å². The maximum Gasteiger partial charge on any atom is 0.289 e. The number of nitrogens with zero attached hydrogens (tertiary/aromatic N) is 2. The van der Waals surface area contributed by atoms with Gasteiger partial charge in [0.25, 0.3) is 5.91 Å². The van der Waals surface area contributed by atoms with Crippen molar-refractivity contribution in [3.8, 4) is 11.3 Å². The highest BCUT2D eigenvalue weighted by atomic mass is 35.5. The van der Waals surface area contributed by atoms with Crippen LogP contribution in [0.15, 0.2) is 53.6 Å². The zero-order chi connectivity index (χ0) is 17.8. The summed E-state index contributed by atoms with van der Waals surface area (Å²) >= 11 is 5.90. The van der Waals surface area contributed by atoms with Crippen LogP contribution < -0.4 is 5.43 Å². The molecule has 0 unspecified atom stereocenters. The van der Waals surface area contributed by atoms with Gasteiger partial charge in [0.05, 0.1) is 16.9 Å². The normalized spacial score (nSPS) is 11.0. The zero-order valence-corrected chi connectivity index (χ0v) is 14.0. The number of rotatable bonds is 4. The number of carbonyl (C=O) groups excluding carboxylic acids is 1. The summed E-state index contributed by atoms with van der Waals surface area (Å²) in [6.45, 7) is 1.79. The van der Waals surface area contributed by atoms with E-state index in [1.165, 1.54) is 18.3 Å². The van der Waals surface area contributed by atoms with Crippen molar-refractivity contribution in [2.75, 3.05) is 0 Å². The number of amides is 1. The van der Waals surface area contributed by atoms with Crippen LogP contribution >= 0.6 is 11.6 Å². The molecule has 25 heavy (non-hydrogen) atoms. The molecular formula is C18H14ClFN4O. The van der Waals surface area contributed by atoms with Gasteiger partial charge in [0, 0.05) is 16.7 Å². The van der Waals surface area contributed by atoms with Gasteiger partial charge in [0.1, 0.15) is 11.5 Å². The number of aromatic amines is 1. The maximum atomic E-state index is 13.6. The Hall–Kier alpha value is -2.99. The predicted octanol–water partition coefficient (Wildman–Crippen LogP) is 3.94. The Balaban J connectivity index is 1.77. The van der Waals surface area contributed by atoms with E-state index in [4.69, 9.17) is 11.6 Å². The first-order chi connectivity index (χ1) is 12.1. The first-order valence-electron chi connectivity index (χ1n) is 7.45. The number of hydrogen-bond acceptors (Lipinski definition) is 3. The molecule has 0 aliphatic rings. The molecule has 0 aliphatic heterocycles. The molecule has 3 aromatic rings. The van der Waals surface area contributed by atoms with E-state index < -0.39 is 11.7 Å². The third-order valence-electron chi connectivity index (χ3n) is 3.64. The number of aromatic nitrogens is 2. The summed E-state index contributed by atoms with van der Waals surface area (Å²) in [6, 6.07) is 13.8. The summed E-state index contributed by atoms with van der Waals surface area (Å²) in [7, 11) is 0. The van der Waals surface area contributed by atoms with E-state index >= 15 is 0 Å². The van der Waals surface area contributed by atoms with Gasteiger partial charge in [-0.25, -0.2) is 9.82 Å². The van der Waals surface area contributed by atoms with Crippen molar-refractivity contribution in [3.05, 3.63) is 76.2 Å². The van der Waals surface area contributed by atoms with Crippen molar-refractivity contribution in [2.45, 2.75) is 6.92 Å². The van der Waals surface area contributed by atoms with E-state index in [-0.39, 0.29) is 16.3 Å². The molecular weight excluding hydrogens is 343 g/mol. The lowest BCUT2D eigenvalue weighted by atomic mass is 10.1. The largest absolute Gasteiger partial charge is 0.289 e. The number of hydrazone groups is 1. The molecule has 0 bridgehead atoms. The Kier molecular flexibility index (Phi) is 4.90. The molecule has 3 rings (SSSR count). The van der Waals surface area contributed by atoms with E-state index in [2.05, 4.69) is 20.7 Å². The second-order valence-electron chi connectivity index (χ2n) is 5.27. The molecule has 0 spiro atoms. The van der Waals surface area contributed by atoms with Crippen LogP contribution in [-0.4, -0.2) is 22.3 Å². The number of hydrogen-bond donors (Lipinski definition) is 2. The highest BCUT2D eigenvalue weighted by Gasteiger charge is 2.16. The molecule has 0 aliphatic carbocycles. The monoisotopic (exact) mass is 356 g/mol. The fraction of sp³-hybridized carbons (Fsp3) is 0.0556. The van der Waals surface area contributed by atoms with Crippen molar-refractivity contribution in [3.63, 3.8) is 0 Å². The summed E-state index contributed by atoms with van der Waals surface area (Å²) in [5.74, 6) is -0.995. The first kappa shape index (κ1) is 16.9. The van der Waals surface area contributed by atoms with Crippen LogP contribution in [0, 0.1) is 12.7 Å². The molecule has 0 atom stereocenters. The minimum absolute atomic E-state index is 0.107. The van der Waals surface area contributed by atoms with Crippen molar-refractivity contribution in [1.29, 1.82) is 0 Å². The lowest BCUT2D eigenvalue weighted by Gasteiger charge is -2.01. The standard InChI is InChI=1S/C18H14ClFN4O/c1-11-16(12-6-3-2-4-7-12)22-23-17(11)18(25)24-21-10-13-14(19)8-5-9-15(13)20/h2-10H,1H3,(H,22,23)(H,24,25)/b21-10+. The zero-order valence-electron chi connectivity index (χ0n) is 13.3. The molecule has 2 aromatic carbocycles. The molecule has 0 radical (unpaired) electrons. The third-order valence-corrected chi connectivity index (χ3v) is 3.97. The highest BCUT2D eigenvalue weighted by Crippen LogP contribution is 2.22. The molecule has 2 N–H and O–H groups in total. The third kappa shape index (κ3) is 3.59. The van der Waals surface area contributed by atoms with Crippen LogP contribution in [0.5, 0.6) is 0 Å². The quantitative estimate of drug-likeness (QED) is 0.549. The van der Waals surface area contributed by atoms with E-state index in [0.717, 1.165) is 5.56 Å². The maximum absolute atomic E-state index is 13.6. The summed E-state index contributed by atoms with van der Waals surface area (Å²) in [4.78, 5) is 12.2. The van der Waals surface area contributed by atoms with E-state index in [0.29, 0.717) is 11.3 Å². The summed E-state index contributed by atoms with van der Waals surface area (Å²) in [5.41, 5.74) is 5.02. The Labute approximate surface area is 148 Å². The molecule has 1 amide bonds. The molecule has 0 saturated heterocycles. The average Bonchev–Trinajstić information content (AvgIpc) is 3.00. The highest BCUT2D eigenvalue weighted by molar-refractivity contribution is 6.33. The van der Waals surface area contributed by atoms with Gasteiger partial charge in [0.15, 0.2) is 0 Å². The van der Waals surface area contributed by atoms with Gasteiger partial charge >= 0.3 is 0 Å². The Morgan fingerprint density at radius 2 is 2.00 bits per heavy atom. The van der Waals surface area contributed by atoms with Crippen molar-refractivity contribution >= 4 is 23.7 Å². The van der Waals surface area contributed by atoms with Gasteiger partial charge in [-0.05, 0) is 19.1 Å². The van der Waals surface area contributed by atoms with Crippen molar-refractivity contribution in [2.24, 2.45) is 5.10 Å². The molecule has 1 aromatic heterocycles. The SMILES string of the molecule is Cc1c(-c2ccccc2)n[nH]c1C(=O)N/N=C/c1c(F)cccc1Cl. The molecule has 7 heteroatoms. The fourth-order valence-corrected chi connectivity index (χ4v) is 2.55. The second kappa shape index (κ2) is 7.27. The minimum Gasteiger partial charge on any atom is -0.272 e. The number of halogens is 2. The molecule has 0 fully saturated rings. The summed E-state index contributed by atoms with van der Waals surface area (Å²) < 4.78 is 13.6. The molecule has 0 saturated carbocycles. The Morgan fingerprint density at radius 3 is 2.72 bits per heavy atom. The van der Waals surface area contributed by atoms with Gasteiger partial charge in [-0.3, -0.25) is 9.89 Å². The molecule has 1 heterocycles. The van der Waals surface area contributed by atoms with Crippen LogP contribution in [0.3, 0.4) is 0 Å².